The molecule has 0 aromatic heterocycles. The van der Waals surface area contributed by atoms with Gasteiger partial charge in [0.05, 0.1) is 0 Å². The summed E-state index contributed by atoms with van der Waals surface area (Å²) in [5.41, 5.74) is 0.820. The van der Waals surface area contributed by atoms with Crippen LogP contribution in [-0.4, -0.2) is 28.6 Å². The number of rotatable bonds is 13. The SMILES string of the molecule is CCCCC(F)(F)C(=O)C/C=C1/CCC(=O)[C@@H]1CCCCCCC(=O)O. The summed E-state index contributed by atoms with van der Waals surface area (Å²) in [6.45, 7) is 1.80. The number of carboxylic acids is 1. The van der Waals surface area contributed by atoms with Crippen molar-refractivity contribution in [2.24, 2.45) is 5.92 Å². The van der Waals surface area contributed by atoms with Gasteiger partial charge >= 0.3 is 11.9 Å². The lowest BCUT2D eigenvalue weighted by molar-refractivity contribution is -0.143. The Kier molecular flexibility index (Phi) is 9.66. The number of allylic oxidation sites excluding steroid dienone is 2. The number of ketones is 2. The Bertz CT molecular complexity index is 526. The molecule has 0 radical (unpaired) electrons. The van der Waals surface area contributed by atoms with Crippen LogP contribution >= 0.6 is 0 Å². The first-order valence-electron chi connectivity index (χ1n) is 9.62. The molecule has 0 heterocycles. The number of unbranched alkanes of at least 4 members (excludes halogenated alkanes) is 4. The van der Waals surface area contributed by atoms with E-state index in [9.17, 15) is 23.2 Å². The highest BCUT2D eigenvalue weighted by atomic mass is 19.3. The van der Waals surface area contributed by atoms with Gasteiger partial charge in [0.2, 0.25) is 5.78 Å². The summed E-state index contributed by atoms with van der Waals surface area (Å²) in [5.74, 6) is -5.29. The van der Waals surface area contributed by atoms with Crippen LogP contribution in [0.25, 0.3) is 0 Å². The molecule has 0 aromatic carbocycles. The number of Topliss-reactive ketones (excluding diaryl/α,β-unsaturated/α-hetero) is 2. The van der Waals surface area contributed by atoms with Crippen LogP contribution in [0.15, 0.2) is 11.6 Å². The van der Waals surface area contributed by atoms with Crippen LogP contribution in [0.3, 0.4) is 0 Å². The molecule has 1 aliphatic rings. The second-order valence-electron chi connectivity index (χ2n) is 7.08. The van der Waals surface area contributed by atoms with Gasteiger partial charge in [0, 0.05) is 31.6 Å². The largest absolute Gasteiger partial charge is 0.481 e. The fraction of sp³-hybridized carbons (Fsp3) is 0.750. The van der Waals surface area contributed by atoms with E-state index >= 15 is 0 Å². The Balaban J connectivity index is 2.46. The number of carboxylic acid groups (broad SMARTS) is 1. The number of carbonyl (C=O) groups is 3. The maximum absolute atomic E-state index is 13.7. The standard InChI is InChI=1S/C20H30F2O4/c1-2-3-14-20(21,22)18(24)13-11-15-10-12-17(23)16(15)8-6-4-5-7-9-19(25)26/h11,16H,2-10,12-14H2,1H3,(H,25,26)/b15-11-/t16-/m1/s1. The zero-order valence-corrected chi connectivity index (χ0v) is 15.6. The average molecular weight is 372 g/mol. The lowest BCUT2D eigenvalue weighted by Crippen LogP contribution is -2.28. The van der Waals surface area contributed by atoms with E-state index in [0.717, 1.165) is 24.8 Å². The van der Waals surface area contributed by atoms with Gasteiger partial charge in [-0.2, -0.15) is 8.78 Å². The van der Waals surface area contributed by atoms with Crippen molar-refractivity contribution in [3.05, 3.63) is 11.6 Å². The molecule has 0 aromatic rings. The predicted molar refractivity (Wildman–Crippen MR) is 95.2 cm³/mol. The molecule has 0 saturated heterocycles. The molecule has 26 heavy (non-hydrogen) atoms. The molecule has 1 rings (SSSR count). The Labute approximate surface area is 154 Å². The third-order valence-electron chi connectivity index (χ3n) is 4.93. The smallest absolute Gasteiger partial charge is 0.305 e. The zero-order chi connectivity index (χ0) is 19.6. The van der Waals surface area contributed by atoms with Crippen LogP contribution in [0, 0.1) is 5.92 Å². The van der Waals surface area contributed by atoms with Gasteiger partial charge in [0.25, 0.3) is 0 Å². The fourth-order valence-corrected chi connectivity index (χ4v) is 3.30. The minimum atomic E-state index is -3.28. The first-order chi connectivity index (χ1) is 12.3. The van der Waals surface area contributed by atoms with Crippen molar-refractivity contribution in [2.45, 2.75) is 89.9 Å². The highest BCUT2D eigenvalue weighted by Crippen LogP contribution is 2.33. The minimum absolute atomic E-state index is 0.118. The van der Waals surface area contributed by atoms with Gasteiger partial charge in [0.15, 0.2) is 0 Å². The first kappa shape index (κ1) is 22.5. The van der Waals surface area contributed by atoms with E-state index < -0.39 is 24.1 Å². The van der Waals surface area contributed by atoms with Crippen LogP contribution < -0.4 is 0 Å². The summed E-state index contributed by atoms with van der Waals surface area (Å²) in [5, 5.41) is 8.59. The zero-order valence-electron chi connectivity index (χ0n) is 15.6. The van der Waals surface area contributed by atoms with Crippen LogP contribution in [0.4, 0.5) is 8.78 Å². The summed E-state index contributed by atoms with van der Waals surface area (Å²) in [6.07, 6.45) is 6.59. The van der Waals surface area contributed by atoms with Crippen LogP contribution in [0.1, 0.15) is 84.0 Å². The molecule has 1 saturated carbocycles. The van der Waals surface area contributed by atoms with E-state index in [1.807, 2.05) is 0 Å². The molecule has 4 nitrogen and oxygen atoms in total. The van der Waals surface area contributed by atoms with Crippen LogP contribution in [0.5, 0.6) is 0 Å². The van der Waals surface area contributed by atoms with Crippen molar-refractivity contribution < 1.29 is 28.3 Å². The second kappa shape index (κ2) is 11.2. The van der Waals surface area contributed by atoms with Crippen molar-refractivity contribution in [1.29, 1.82) is 0 Å². The fourth-order valence-electron chi connectivity index (χ4n) is 3.30. The Morgan fingerprint density at radius 3 is 2.50 bits per heavy atom. The van der Waals surface area contributed by atoms with Gasteiger partial charge < -0.3 is 5.11 Å². The maximum Gasteiger partial charge on any atom is 0.305 e. The van der Waals surface area contributed by atoms with E-state index in [1.165, 1.54) is 0 Å². The third kappa shape index (κ3) is 7.75. The molecule has 1 N–H and O–H groups in total. The van der Waals surface area contributed by atoms with Crippen molar-refractivity contribution in [1.82, 2.24) is 0 Å². The van der Waals surface area contributed by atoms with E-state index in [1.54, 1.807) is 13.0 Å². The third-order valence-corrected chi connectivity index (χ3v) is 4.93. The molecule has 0 aliphatic heterocycles. The number of hydrogen-bond donors (Lipinski definition) is 1. The van der Waals surface area contributed by atoms with Crippen LogP contribution in [0.2, 0.25) is 0 Å². The van der Waals surface area contributed by atoms with Crippen molar-refractivity contribution in [3.63, 3.8) is 0 Å². The van der Waals surface area contributed by atoms with E-state index in [-0.39, 0.29) is 24.5 Å². The number of halogens is 2. The maximum atomic E-state index is 13.7. The highest BCUT2D eigenvalue weighted by molar-refractivity contribution is 5.89. The molecule has 0 bridgehead atoms. The molecular formula is C20H30F2O4. The summed E-state index contributed by atoms with van der Waals surface area (Å²) in [4.78, 5) is 34.3. The van der Waals surface area contributed by atoms with Gasteiger partial charge in [0.1, 0.15) is 5.78 Å². The molecule has 1 atom stereocenters. The van der Waals surface area contributed by atoms with Crippen LogP contribution in [-0.2, 0) is 14.4 Å². The van der Waals surface area contributed by atoms with Gasteiger partial charge in [-0.05, 0) is 25.7 Å². The molecule has 148 valence electrons. The molecule has 0 spiro atoms. The lowest BCUT2D eigenvalue weighted by Gasteiger charge is -2.14. The minimum Gasteiger partial charge on any atom is -0.481 e. The molecule has 0 unspecified atom stereocenters. The molecule has 1 aliphatic carbocycles. The van der Waals surface area contributed by atoms with Crippen molar-refractivity contribution in [2.75, 3.05) is 0 Å². The second-order valence-corrected chi connectivity index (χ2v) is 7.08. The number of aliphatic carboxylic acids is 1. The van der Waals surface area contributed by atoms with E-state index in [2.05, 4.69) is 0 Å². The first-order valence-corrected chi connectivity index (χ1v) is 9.62. The van der Waals surface area contributed by atoms with Crippen molar-refractivity contribution in [3.8, 4) is 0 Å². The monoisotopic (exact) mass is 372 g/mol. The van der Waals surface area contributed by atoms with Gasteiger partial charge in [-0.25, -0.2) is 0 Å². The number of hydrogen-bond acceptors (Lipinski definition) is 3. The molecule has 0 amide bonds. The topological polar surface area (TPSA) is 71.4 Å². The molecule has 6 heteroatoms. The lowest BCUT2D eigenvalue weighted by atomic mass is 9.93. The Morgan fingerprint density at radius 2 is 1.85 bits per heavy atom. The quantitative estimate of drug-likeness (QED) is 0.360. The molecular weight excluding hydrogens is 342 g/mol. The van der Waals surface area contributed by atoms with E-state index in [0.29, 0.717) is 38.5 Å². The average Bonchev–Trinajstić information content (AvgIpc) is 2.93. The van der Waals surface area contributed by atoms with Gasteiger partial charge in [-0.3, -0.25) is 14.4 Å². The number of alkyl halides is 2. The Hall–Kier alpha value is -1.59. The van der Waals surface area contributed by atoms with Gasteiger partial charge in [-0.1, -0.05) is 44.3 Å². The van der Waals surface area contributed by atoms with Crippen molar-refractivity contribution >= 4 is 17.5 Å². The number of carbonyl (C=O) groups excluding carboxylic acids is 2. The summed E-state index contributed by atoms with van der Waals surface area (Å²) in [6, 6.07) is 0. The summed E-state index contributed by atoms with van der Waals surface area (Å²) >= 11 is 0. The predicted octanol–water partition coefficient (Wildman–Crippen LogP) is 5.10. The summed E-state index contributed by atoms with van der Waals surface area (Å²) in [7, 11) is 0. The summed E-state index contributed by atoms with van der Waals surface area (Å²) < 4.78 is 27.5. The Morgan fingerprint density at radius 1 is 1.15 bits per heavy atom. The van der Waals surface area contributed by atoms with E-state index in [4.69, 9.17) is 5.11 Å². The molecule has 1 fully saturated rings. The van der Waals surface area contributed by atoms with Gasteiger partial charge in [-0.15, -0.1) is 0 Å². The highest BCUT2D eigenvalue weighted by Gasteiger charge is 2.37. The normalized spacial score (nSPS) is 19.3.